The minimum absolute atomic E-state index is 0.149. The van der Waals surface area contributed by atoms with Gasteiger partial charge in [-0.3, -0.25) is 4.79 Å². The zero-order valence-corrected chi connectivity index (χ0v) is 17.8. The van der Waals surface area contributed by atoms with Crippen LogP contribution < -0.4 is 20.1 Å². The van der Waals surface area contributed by atoms with Gasteiger partial charge in [-0.15, -0.1) is 0 Å². The molecule has 0 unspecified atom stereocenters. The van der Waals surface area contributed by atoms with Crippen molar-refractivity contribution in [1.29, 1.82) is 0 Å². The predicted octanol–water partition coefficient (Wildman–Crippen LogP) is 5.10. The second-order valence-electron chi connectivity index (χ2n) is 7.53. The van der Waals surface area contributed by atoms with Crippen molar-refractivity contribution in [3.05, 3.63) is 52.5 Å². The Morgan fingerprint density at radius 1 is 1.14 bits per heavy atom. The summed E-state index contributed by atoms with van der Waals surface area (Å²) in [7, 11) is 1.57. The largest absolute Gasteiger partial charge is 0.493 e. The minimum atomic E-state index is -0.255. The molecule has 0 aromatic heterocycles. The average Bonchev–Trinajstić information content (AvgIpc) is 2.73. The summed E-state index contributed by atoms with van der Waals surface area (Å²) in [5.41, 5.74) is 2.90. The highest BCUT2D eigenvalue weighted by Crippen LogP contribution is 2.36. The van der Waals surface area contributed by atoms with Gasteiger partial charge in [0, 0.05) is 18.3 Å². The van der Waals surface area contributed by atoms with E-state index in [9.17, 15) is 4.79 Å². The van der Waals surface area contributed by atoms with E-state index >= 15 is 0 Å². The molecule has 0 aliphatic heterocycles. The number of anilines is 1. The number of rotatable bonds is 8. The van der Waals surface area contributed by atoms with Gasteiger partial charge in [-0.25, -0.2) is 0 Å². The monoisotopic (exact) mass is 416 g/mol. The van der Waals surface area contributed by atoms with Crippen molar-refractivity contribution in [1.82, 2.24) is 5.32 Å². The van der Waals surface area contributed by atoms with Crippen molar-refractivity contribution < 1.29 is 14.3 Å². The summed E-state index contributed by atoms with van der Waals surface area (Å²) in [6, 6.07) is 11.9. The number of halogens is 1. The molecule has 0 bridgehead atoms. The third kappa shape index (κ3) is 6.38. The van der Waals surface area contributed by atoms with Crippen LogP contribution in [0.4, 0.5) is 5.69 Å². The van der Waals surface area contributed by atoms with Crippen LogP contribution in [0.2, 0.25) is 5.02 Å². The molecule has 1 aliphatic rings. The van der Waals surface area contributed by atoms with Crippen LogP contribution in [0.1, 0.15) is 43.2 Å². The first-order valence-electron chi connectivity index (χ1n) is 10.1. The Balaban J connectivity index is 1.58. The maximum atomic E-state index is 12.2. The standard InChI is InChI=1S/C23H29ClN2O3/c1-16-8-10-19(11-9-16)26-22(27)15-29-23-20(24)12-17(13-21(23)28-2)14-25-18-6-4-3-5-7-18/h8-13,18,25H,3-7,14-15H2,1-2H3,(H,26,27). The topological polar surface area (TPSA) is 59.6 Å². The van der Waals surface area contributed by atoms with Gasteiger partial charge in [0.1, 0.15) is 0 Å². The SMILES string of the molecule is COc1cc(CNC2CCCCC2)cc(Cl)c1OCC(=O)Nc1ccc(C)cc1. The number of aryl methyl sites for hydroxylation is 1. The lowest BCUT2D eigenvalue weighted by Gasteiger charge is -2.23. The molecule has 1 fully saturated rings. The van der Waals surface area contributed by atoms with Gasteiger partial charge in [0.05, 0.1) is 12.1 Å². The van der Waals surface area contributed by atoms with Gasteiger partial charge in [-0.05, 0) is 49.6 Å². The third-order valence-corrected chi connectivity index (χ3v) is 5.45. The Bertz CT molecular complexity index is 818. The van der Waals surface area contributed by atoms with E-state index < -0.39 is 0 Å². The van der Waals surface area contributed by atoms with Gasteiger partial charge in [-0.2, -0.15) is 0 Å². The molecular formula is C23H29ClN2O3. The summed E-state index contributed by atoms with van der Waals surface area (Å²) in [5, 5.41) is 6.84. The van der Waals surface area contributed by atoms with Crippen LogP contribution in [-0.4, -0.2) is 25.7 Å². The van der Waals surface area contributed by atoms with Crippen LogP contribution in [-0.2, 0) is 11.3 Å². The number of hydrogen-bond acceptors (Lipinski definition) is 4. The molecule has 156 valence electrons. The van der Waals surface area contributed by atoms with Crippen LogP contribution >= 0.6 is 11.6 Å². The molecule has 1 saturated carbocycles. The molecule has 0 atom stereocenters. The fourth-order valence-corrected chi connectivity index (χ4v) is 3.84. The van der Waals surface area contributed by atoms with Crippen molar-refractivity contribution in [2.75, 3.05) is 19.0 Å². The predicted molar refractivity (Wildman–Crippen MR) is 117 cm³/mol. The zero-order valence-electron chi connectivity index (χ0n) is 17.1. The molecule has 2 aromatic carbocycles. The number of carbonyl (C=O) groups is 1. The lowest BCUT2D eigenvalue weighted by molar-refractivity contribution is -0.118. The number of amides is 1. The van der Waals surface area contributed by atoms with Gasteiger partial charge in [-0.1, -0.05) is 48.6 Å². The van der Waals surface area contributed by atoms with Gasteiger partial charge >= 0.3 is 0 Å². The summed E-state index contributed by atoms with van der Waals surface area (Å²) < 4.78 is 11.1. The lowest BCUT2D eigenvalue weighted by atomic mass is 9.95. The highest BCUT2D eigenvalue weighted by molar-refractivity contribution is 6.32. The summed E-state index contributed by atoms with van der Waals surface area (Å²) in [5.74, 6) is 0.658. The molecule has 5 nitrogen and oxygen atoms in total. The van der Waals surface area contributed by atoms with E-state index in [1.807, 2.05) is 43.3 Å². The molecule has 2 aromatic rings. The lowest BCUT2D eigenvalue weighted by Crippen LogP contribution is -2.30. The molecule has 1 amide bonds. The first kappa shape index (κ1) is 21.5. The Morgan fingerprint density at radius 2 is 1.86 bits per heavy atom. The number of nitrogens with one attached hydrogen (secondary N) is 2. The van der Waals surface area contributed by atoms with Gasteiger partial charge in [0.25, 0.3) is 5.91 Å². The summed E-state index contributed by atoms with van der Waals surface area (Å²) in [4.78, 5) is 12.2. The Hall–Kier alpha value is -2.24. The van der Waals surface area contributed by atoms with Gasteiger partial charge in [0.15, 0.2) is 18.1 Å². The Labute approximate surface area is 177 Å². The number of hydrogen-bond donors (Lipinski definition) is 2. The maximum absolute atomic E-state index is 12.2. The fraction of sp³-hybridized carbons (Fsp3) is 0.435. The molecule has 6 heteroatoms. The third-order valence-electron chi connectivity index (χ3n) is 5.17. The molecular weight excluding hydrogens is 388 g/mol. The van der Waals surface area contributed by atoms with E-state index in [4.69, 9.17) is 21.1 Å². The first-order chi connectivity index (χ1) is 14.0. The Morgan fingerprint density at radius 3 is 2.55 bits per heavy atom. The summed E-state index contributed by atoms with van der Waals surface area (Å²) in [6.07, 6.45) is 6.37. The van der Waals surface area contributed by atoms with E-state index in [0.717, 1.165) is 23.4 Å². The van der Waals surface area contributed by atoms with Crippen LogP contribution in [0, 0.1) is 6.92 Å². The maximum Gasteiger partial charge on any atom is 0.262 e. The van der Waals surface area contributed by atoms with E-state index in [1.54, 1.807) is 7.11 Å². The molecule has 0 heterocycles. The van der Waals surface area contributed by atoms with E-state index in [-0.39, 0.29) is 12.5 Å². The summed E-state index contributed by atoms with van der Waals surface area (Å²) in [6.45, 7) is 2.58. The molecule has 29 heavy (non-hydrogen) atoms. The summed E-state index contributed by atoms with van der Waals surface area (Å²) >= 11 is 6.43. The zero-order chi connectivity index (χ0) is 20.6. The number of carbonyl (C=O) groups excluding carboxylic acids is 1. The van der Waals surface area contributed by atoms with Crippen molar-refractivity contribution in [3.8, 4) is 11.5 Å². The van der Waals surface area contributed by atoms with Gasteiger partial charge in [0.2, 0.25) is 0 Å². The number of benzene rings is 2. The molecule has 2 N–H and O–H groups in total. The second kappa shape index (κ2) is 10.5. The quantitative estimate of drug-likeness (QED) is 0.628. The van der Waals surface area contributed by atoms with Crippen molar-refractivity contribution in [2.24, 2.45) is 0 Å². The Kier molecular flexibility index (Phi) is 7.78. The minimum Gasteiger partial charge on any atom is -0.493 e. The molecule has 0 radical (unpaired) electrons. The van der Waals surface area contributed by atoms with E-state index in [1.165, 1.54) is 32.1 Å². The van der Waals surface area contributed by atoms with Crippen LogP contribution in [0.15, 0.2) is 36.4 Å². The van der Waals surface area contributed by atoms with E-state index in [2.05, 4.69) is 10.6 Å². The second-order valence-corrected chi connectivity index (χ2v) is 7.93. The molecule has 0 spiro atoms. The van der Waals surface area contributed by atoms with Crippen LogP contribution in [0.5, 0.6) is 11.5 Å². The van der Waals surface area contributed by atoms with Crippen LogP contribution in [0.25, 0.3) is 0 Å². The molecule has 1 aliphatic carbocycles. The highest BCUT2D eigenvalue weighted by atomic mass is 35.5. The fourth-order valence-electron chi connectivity index (χ4n) is 3.56. The van der Waals surface area contributed by atoms with Gasteiger partial charge < -0.3 is 20.1 Å². The number of ether oxygens (including phenoxy) is 2. The van der Waals surface area contributed by atoms with E-state index in [0.29, 0.717) is 22.6 Å². The number of methoxy groups -OCH3 is 1. The van der Waals surface area contributed by atoms with Crippen molar-refractivity contribution in [3.63, 3.8) is 0 Å². The highest BCUT2D eigenvalue weighted by Gasteiger charge is 2.16. The van der Waals surface area contributed by atoms with Crippen molar-refractivity contribution in [2.45, 2.75) is 51.6 Å². The molecule has 3 rings (SSSR count). The normalized spacial score (nSPS) is 14.4. The average molecular weight is 417 g/mol. The van der Waals surface area contributed by atoms with Crippen molar-refractivity contribution >= 4 is 23.2 Å². The first-order valence-corrected chi connectivity index (χ1v) is 10.5. The smallest absolute Gasteiger partial charge is 0.262 e. The van der Waals surface area contributed by atoms with Crippen LogP contribution in [0.3, 0.4) is 0 Å². The molecule has 0 saturated heterocycles.